The summed E-state index contributed by atoms with van der Waals surface area (Å²) < 4.78 is 4.63. The quantitative estimate of drug-likeness (QED) is 0.364. The molecule has 1 fully saturated rings. The molecule has 7 N–H and O–H groups in total. The Morgan fingerprint density at radius 3 is 2.50 bits per heavy atom. The molecular formula is C27H38N6O3. The van der Waals surface area contributed by atoms with E-state index in [0.29, 0.717) is 22.8 Å². The van der Waals surface area contributed by atoms with Crippen molar-refractivity contribution in [1.82, 2.24) is 4.98 Å². The third kappa shape index (κ3) is 7.49. The van der Waals surface area contributed by atoms with Crippen LogP contribution in [0.25, 0.3) is 11.3 Å². The summed E-state index contributed by atoms with van der Waals surface area (Å²) in [6, 6.07) is 9.98. The van der Waals surface area contributed by atoms with Gasteiger partial charge in [0.2, 0.25) is 6.41 Å². The molecule has 3 rings (SSSR count). The normalized spacial score (nSPS) is 16.1. The van der Waals surface area contributed by atoms with E-state index in [-0.39, 0.29) is 6.41 Å². The van der Waals surface area contributed by atoms with Crippen LogP contribution < -0.4 is 27.4 Å². The number of rotatable bonds is 5. The third-order valence-electron chi connectivity index (χ3n) is 6.31. The molecule has 9 heteroatoms. The van der Waals surface area contributed by atoms with Gasteiger partial charge in [0.25, 0.3) is 0 Å². The van der Waals surface area contributed by atoms with E-state index in [1.54, 1.807) is 12.3 Å². The lowest BCUT2D eigenvalue weighted by molar-refractivity contribution is -0.106. The molecular weight excluding hydrogens is 456 g/mol. The summed E-state index contributed by atoms with van der Waals surface area (Å²) in [5.74, 6) is 1.03. The summed E-state index contributed by atoms with van der Waals surface area (Å²) in [5, 5.41) is 2.56. The number of ether oxygens (including phenoxy) is 1. The second-order valence-electron chi connectivity index (χ2n) is 9.70. The van der Waals surface area contributed by atoms with E-state index in [2.05, 4.69) is 71.6 Å². The van der Waals surface area contributed by atoms with E-state index >= 15 is 0 Å². The fourth-order valence-corrected chi connectivity index (χ4v) is 4.13. The fourth-order valence-electron chi connectivity index (χ4n) is 4.13. The van der Waals surface area contributed by atoms with Gasteiger partial charge in [-0.05, 0) is 71.7 Å². The van der Waals surface area contributed by atoms with Crippen LogP contribution in [0.1, 0.15) is 43.9 Å². The van der Waals surface area contributed by atoms with Gasteiger partial charge in [-0.2, -0.15) is 0 Å². The van der Waals surface area contributed by atoms with Gasteiger partial charge < -0.3 is 26.8 Å². The SMILES string of the molecule is COC(=O)Nc1cc(C(/C=C(\N)c2cc(N3CCC(C(C)(C)C)C3)ccc2C)=C/N)ccn1.NC=O. The van der Waals surface area contributed by atoms with Crippen molar-refractivity contribution in [3.05, 3.63) is 65.5 Å². The number of benzene rings is 1. The summed E-state index contributed by atoms with van der Waals surface area (Å²) in [5.41, 5.74) is 22.3. The number of hydrogen-bond acceptors (Lipinski definition) is 7. The molecule has 1 unspecified atom stereocenters. The Balaban J connectivity index is 0.00000145. The van der Waals surface area contributed by atoms with Gasteiger partial charge in [-0.3, -0.25) is 10.1 Å². The zero-order valence-electron chi connectivity index (χ0n) is 21.7. The average molecular weight is 495 g/mol. The molecule has 1 atom stereocenters. The van der Waals surface area contributed by atoms with Crippen molar-refractivity contribution in [3.8, 4) is 0 Å². The first-order valence-corrected chi connectivity index (χ1v) is 11.8. The maximum absolute atomic E-state index is 11.5. The number of aromatic nitrogens is 1. The summed E-state index contributed by atoms with van der Waals surface area (Å²) in [4.78, 5) is 26.7. The predicted octanol–water partition coefficient (Wildman–Crippen LogP) is 3.84. The number of nitrogens with zero attached hydrogens (tertiary/aromatic N) is 2. The molecule has 1 aliphatic rings. The minimum Gasteiger partial charge on any atom is -0.453 e. The van der Waals surface area contributed by atoms with Gasteiger partial charge in [-0.25, -0.2) is 9.78 Å². The van der Waals surface area contributed by atoms with E-state index < -0.39 is 6.09 Å². The zero-order chi connectivity index (χ0) is 26.9. The second-order valence-corrected chi connectivity index (χ2v) is 9.70. The Hall–Kier alpha value is -4.01. The van der Waals surface area contributed by atoms with Gasteiger partial charge in [0, 0.05) is 42.4 Å². The van der Waals surface area contributed by atoms with E-state index in [4.69, 9.17) is 16.3 Å². The van der Waals surface area contributed by atoms with Crippen LogP contribution in [0.3, 0.4) is 0 Å². The van der Waals surface area contributed by atoms with Crippen LogP contribution in [0.15, 0.2) is 48.8 Å². The molecule has 1 saturated heterocycles. The van der Waals surface area contributed by atoms with Crippen molar-refractivity contribution in [2.75, 3.05) is 30.4 Å². The van der Waals surface area contributed by atoms with Crippen molar-refractivity contribution >= 4 is 35.3 Å². The average Bonchev–Trinajstić information content (AvgIpc) is 3.34. The van der Waals surface area contributed by atoms with E-state index in [0.717, 1.165) is 35.4 Å². The monoisotopic (exact) mass is 494 g/mol. The van der Waals surface area contributed by atoms with E-state index in [1.165, 1.54) is 25.4 Å². The van der Waals surface area contributed by atoms with Crippen molar-refractivity contribution in [2.24, 2.45) is 28.5 Å². The first-order chi connectivity index (χ1) is 17.0. The molecule has 1 aliphatic heterocycles. The van der Waals surface area contributed by atoms with Crippen molar-refractivity contribution in [2.45, 2.75) is 34.1 Å². The number of amides is 2. The first-order valence-electron chi connectivity index (χ1n) is 11.8. The number of carbonyl (C=O) groups excluding carboxylic acids is 2. The molecule has 2 amide bonds. The number of nitrogens with two attached hydrogens (primary N) is 3. The highest BCUT2D eigenvalue weighted by molar-refractivity contribution is 5.87. The minimum absolute atomic E-state index is 0.250. The van der Waals surface area contributed by atoms with Crippen LogP contribution >= 0.6 is 0 Å². The molecule has 194 valence electrons. The molecule has 0 spiro atoms. The van der Waals surface area contributed by atoms with Crippen LogP contribution in [0, 0.1) is 18.3 Å². The number of anilines is 2. The Morgan fingerprint density at radius 2 is 1.92 bits per heavy atom. The Kier molecular flexibility index (Phi) is 9.90. The molecule has 0 saturated carbocycles. The Bertz CT molecular complexity index is 1120. The lowest BCUT2D eigenvalue weighted by Crippen LogP contribution is -2.25. The van der Waals surface area contributed by atoms with Crippen LogP contribution in [0.4, 0.5) is 16.3 Å². The number of aryl methyl sites for hydroxylation is 1. The molecule has 2 heterocycles. The van der Waals surface area contributed by atoms with E-state index in [1.807, 2.05) is 12.1 Å². The highest BCUT2D eigenvalue weighted by atomic mass is 16.5. The Morgan fingerprint density at radius 1 is 1.22 bits per heavy atom. The second kappa shape index (κ2) is 12.6. The molecule has 1 aromatic carbocycles. The van der Waals surface area contributed by atoms with Gasteiger partial charge in [0.15, 0.2) is 0 Å². The van der Waals surface area contributed by atoms with Gasteiger partial charge in [0.05, 0.1) is 7.11 Å². The summed E-state index contributed by atoms with van der Waals surface area (Å²) in [6.07, 6.45) is 5.81. The van der Waals surface area contributed by atoms with Crippen LogP contribution in [-0.4, -0.2) is 37.7 Å². The predicted molar refractivity (Wildman–Crippen MR) is 146 cm³/mol. The summed E-state index contributed by atoms with van der Waals surface area (Å²) >= 11 is 0. The van der Waals surface area contributed by atoms with Crippen molar-refractivity contribution in [3.63, 3.8) is 0 Å². The lowest BCUT2D eigenvalue weighted by atomic mass is 9.80. The van der Waals surface area contributed by atoms with Crippen molar-refractivity contribution in [1.29, 1.82) is 0 Å². The van der Waals surface area contributed by atoms with Gasteiger partial charge in [-0.15, -0.1) is 0 Å². The number of nitrogens with one attached hydrogen (secondary N) is 1. The Labute approximate surface area is 213 Å². The highest BCUT2D eigenvalue weighted by Gasteiger charge is 2.32. The topological polar surface area (TPSA) is 150 Å². The number of hydrogen-bond donors (Lipinski definition) is 4. The van der Waals surface area contributed by atoms with Gasteiger partial charge in [0.1, 0.15) is 5.82 Å². The van der Waals surface area contributed by atoms with E-state index in [9.17, 15) is 4.79 Å². The molecule has 0 bridgehead atoms. The fraction of sp³-hybridized carbons (Fsp3) is 0.370. The first kappa shape index (κ1) is 28.2. The van der Waals surface area contributed by atoms with Gasteiger partial charge in [-0.1, -0.05) is 26.8 Å². The van der Waals surface area contributed by atoms with Crippen molar-refractivity contribution < 1.29 is 14.3 Å². The number of methoxy groups -OCH3 is 1. The maximum Gasteiger partial charge on any atom is 0.412 e. The van der Waals surface area contributed by atoms with Crippen LogP contribution in [-0.2, 0) is 9.53 Å². The molecule has 1 aromatic heterocycles. The molecule has 9 nitrogen and oxygen atoms in total. The molecule has 2 aromatic rings. The minimum atomic E-state index is -0.587. The standard InChI is InChI=1S/C26H35N5O2.CH3NO/c1-17-6-7-21(31-11-9-20(16-31)26(2,3)4)14-22(17)23(28)12-19(15-27)18-8-10-29-24(13-18)30-25(32)33-5;2-1-3/h6-8,10,12-15,20H,9,11,16,27-28H2,1-5H3,(H,29,30,32);1H,(H2,2,3)/b19-15+,23-12-;. The summed E-state index contributed by atoms with van der Waals surface area (Å²) in [7, 11) is 1.30. The van der Waals surface area contributed by atoms with Gasteiger partial charge >= 0.3 is 6.09 Å². The lowest BCUT2D eigenvalue weighted by Gasteiger charge is -2.27. The zero-order valence-corrected chi connectivity index (χ0v) is 21.7. The van der Waals surface area contributed by atoms with Crippen LogP contribution in [0.5, 0.6) is 0 Å². The molecule has 0 radical (unpaired) electrons. The molecule has 36 heavy (non-hydrogen) atoms. The van der Waals surface area contributed by atoms with Crippen LogP contribution in [0.2, 0.25) is 0 Å². The highest BCUT2D eigenvalue weighted by Crippen LogP contribution is 2.36. The number of carbonyl (C=O) groups is 2. The number of allylic oxidation sites excluding steroid dienone is 2. The summed E-state index contributed by atoms with van der Waals surface area (Å²) in [6.45, 7) is 11.1. The number of pyridine rings is 1. The largest absolute Gasteiger partial charge is 0.453 e. The smallest absolute Gasteiger partial charge is 0.412 e. The number of primary amides is 1. The third-order valence-corrected chi connectivity index (χ3v) is 6.31. The molecule has 0 aliphatic carbocycles. The maximum atomic E-state index is 11.5.